The molecule has 0 bridgehead atoms. The molecule has 1 aromatic carbocycles. The lowest BCUT2D eigenvalue weighted by Crippen LogP contribution is -2.03. The second-order valence-corrected chi connectivity index (χ2v) is 3.89. The van der Waals surface area contributed by atoms with Crippen molar-refractivity contribution < 1.29 is 14.3 Å². The Bertz CT molecular complexity index is 376. The fourth-order valence-corrected chi connectivity index (χ4v) is 1.72. The molecule has 1 rings (SSSR count). The molecule has 0 heterocycles. The van der Waals surface area contributed by atoms with Gasteiger partial charge in [-0.05, 0) is 43.0 Å². The van der Waals surface area contributed by atoms with E-state index in [9.17, 15) is 9.18 Å². The summed E-state index contributed by atoms with van der Waals surface area (Å²) in [5.41, 5.74) is 2.06. The van der Waals surface area contributed by atoms with Gasteiger partial charge in [-0.2, -0.15) is 0 Å². The Morgan fingerprint density at radius 2 is 2.13 bits per heavy atom. The van der Waals surface area contributed by atoms with E-state index in [2.05, 4.69) is 0 Å². The van der Waals surface area contributed by atoms with Gasteiger partial charge in [0.2, 0.25) is 0 Å². The van der Waals surface area contributed by atoms with Crippen molar-refractivity contribution in [2.24, 2.45) is 0 Å². The van der Waals surface area contributed by atoms with Gasteiger partial charge in [0, 0.05) is 6.42 Å². The van der Waals surface area contributed by atoms with Crippen molar-refractivity contribution in [3.63, 3.8) is 0 Å². The summed E-state index contributed by atoms with van der Waals surface area (Å²) in [7, 11) is 0. The molecule has 4 heteroatoms. The van der Waals surface area contributed by atoms with E-state index < -0.39 is 11.8 Å². The van der Waals surface area contributed by atoms with Crippen LogP contribution in [0, 0.1) is 19.7 Å². The first-order valence-electron chi connectivity index (χ1n) is 4.59. The van der Waals surface area contributed by atoms with Gasteiger partial charge in [-0.15, -0.1) is 0 Å². The zero-order valence-electron chi connectivity index (χ0n) is 8.60. The molecule has 0 spiro atoms. The van der Waals surface area contributed by atoms with E-state index in [-0.39, 0.29) is 17.9 Å². The van der Waals surface area contributed by atoms with Crippen molar-refractivity contribution in [3.05, 3.63) is 33.6 Å². The summed E-state index contributed by atoms with van der Waals surface area (Å²) in [6.45, 7) is 3.59. The lowest BCUT2D eigenvalue weighted by molar-refractivity contribution is -0.136. The first-order chi connectivity index (χ1) is 6.93. The predicted octanol–water partition coefficient (Wildman–Crippen LogP) is 3.11. The van der Waals surface area contributed by atoms with Crippen molar-refractivity contribution in [1.29, 1.82) is 0 Å². The van der Waals surface area contributed by atoms with Gasteiger partial charge >= 0.3 is 5.97 Å². The van der Waals surface area contributed by atoms with E-state index in [1.807, 2.05) is 6.92 Å². The molecule has 0 saturated carbocycles. The molecule has 82 valence electrons. The molecule has 0 fully saturated rings. The van der Waals surface area contributed by atoms with Crippen molar-refractivity contribution in [2.75, 3.05) is 0 Å². The second-order valence-electron chi connectivity index (χ2n) is 3.49. The average molecular weight is 231 g/mol. The third-order valence-corrected chi connectivity index (χ3v) is 2.73. The molecule has 0 radical (unpaired) electrons. The van der Waals surface area contributed by atoms with Crippen LogP contribution in [0.25, 0.3) is 0 Å². The maximum Gasteiger partial charge on any atom is 0.303 e. The fraction of sp³-hybridized carbons (Fsp3) is 0.364. The molecule has 2 nitrogen and oxygen atoms in total. The Morgan fingerprint density at radius 1 is 1.53 bits per heavy atom. The van der Waals surface area contributed by atoms with Gasteiger partial charge in [-0.25, -0.2) is 4.39 Å². The number of rotatable bonds is 3. The molecule has 1 N–H and O–H groups in total. The number of hydrogen-bond donors (Lipinski definition) is 1. The monoisotopic (exact) mass is 230 g/mol. The van der Waals surface area contributed by atoms with Crippen molar-refractivity contribution in [1.82, 2.24) is 0 Å². The molecular formula is C11H12ClFO2. The Kier molecular flexibility index (Phi) is 3.69. The highest BCUT2D eigenvalue weighted by molar-refractivity contribution is 6.30. The van der Waals surface area contributed by atoms with Crippen LogP contribution < -0.4 is 0 Å². The quantitative estimate of drug-likeness (QED) is 0.866. The smallest absolute Gasteiger partial charge is 0.303 e. The summed E-state index contributed by atoms with van der Waals surface area (Å²) in [5, 5.41) is 8.59. The van der Waals surface area contributed by atoms with Crippen molar-refractivity contribution >= 4 is 17.6 Å². The standard InChI is InChI=1S/C11H12ClFO2/c1-6-5-9(12)11(13)8(7(6)2)3-4-10(14)15/h5H,3-4H2,1-2H3,(H,14,15). The van der Waals surface area contributed by atoms with Crippen LogP contribution in [0.15, 0.2) is 6.07 Å². The first-order valence-corrected chi connectivity index (χ1v) is 4.97. The SMILES string of the molecule is Cc1cc(Cl)c(F)c(CCC(=O)O)c1C. The minimum absolute atomic E-state index is 0.0542. The van der Waals surface area contributed by atoms with Crippen LogP contribution in [0.4, 0.5) is 4.39 Å². The lowest BCUT2D eigenvalue weighted by Gasteiger charge is -2.10. The zero-order chi connectivity index (χ0) is 11.6. The first kappa shape index (κ1) is 12.0. The van der Waals surface area contributed by atoms with Gasteiger partial charge in [-0.1, -0.05) is 11.6 Å². The minimum Gasteiger partial charge on any atom is -0.481 e. The molecule has 0 aliphatic carbocycles. The van der Waals surface area contributed by atoms with Crippen molar-refractivity contribution in [2.45, 2.75) is 26.7 Å². The molecule has 0 aliphatic heterocycles. The minimum atomic E-state index is -0.938. The topological polar surface area (TPSA) is 37.3 Å². The Morgan fingerprint density at radius 3 is 2.67 bits per heavy atom. The Balaban J connectivity index is 3.09. The van der Waals surface area contributed by atoms with E-state index in [0.717, 1.165) is 11.1 Å². The molecule has 0 amide bonds. The fourth-order valence-electron chi connectivity index (χ4n) is 1.44. The van der Waals surface area contributed by atoms with Crippen LogP contribution in [0.2, 0.25) is 5.02 Å². The number of carbonyl (C=O) groups is 1. The maximum atomic E-state index is 13.6. The number of aliphatic carboxylic acids is 1. The molecule has 15 heavy (non-hydrogen) atoms. The second kappa shape index (κ2) is 4.62. The average Bonchev–Trinajstić information content (AvgIpc) is 2.14. The molecule has 0 aromatic heterocycles. The highest BCUT2D eigenvalue weighted by atomic mass is 35.5. The van der Waals surface area contributed by atoms with Crippen LogP contribution >= 0.6 is 11.6 Å². The largest absolute Gasteiger partial charge is 0.481 e. The normalized spacial score (nSPS) is 10.4. The van der Waals surface area contributed by atoms with Gasteiger partial charge in [0.15, 0.2) is 0 Å². The Hall–Kier alpha value is -1.09. The van der Waals surface area contributed by atoms with Crippen LogP contribution in [0.5, 0.6) is 0 Å². The molecule has 0 aliphatic rings. The van der Waals surface area contributed by atoms with Gasteiger partial charge in [0.25, 0.3) is 0 Å². The van der Waals surface area contributed by atoms with E-state index in [1.54, 1.807) is 13.0 Å². The molecular weight excluding hydrogens is 219 g/mol. The van der Waals surface area contributed by atoms with Crippen molar-refractivity contribution in [3.8, 4) is 0 Å². The van der Waals surface area contributed by atoms with Gasteiger partial charge in [0.1, 0.15) is 5.82 Å². The van der Waals surface area contributed by atoms with E-state index >= 15 is 0 Å². The summed E-state index contributed by atoms with van der Waals surface area (Å²) >= 11 is 5.68. The number of carboxylic acids is 1. The van der Waals surface area contributed by atoms with Crippen LogP contribution in [-0.4, -0.2) is 11.1 Å². The maximum absolute atomic E-state index is 13.6. The lowest BCUT2D eigenvalue weighted by atomic mass is 9.99. The summed E-state index contributed by atoms with van der Waals surface area (Å²) in [6, 6.07) is 1.55. The number of aryl methyl sites for hydroxylation is 1. The Labute approximate surface area is 92.7 Å². The van der Waals surface area contributed by atoms with Crippen LogP contribution in [0.1, 0.15) is 23.1 Å². The van der Waals surface area contributed by atoms with Gasteiger partial charge in [-0.3, -0.25) is 4.79 Å². The summed E-state index contributed by atoms with van der Waals surface area (Å²) < 4.78 is 13.6. The highest BCUT2D eigenvalue weighted by Gasteiger charge is 2.13. The summed E-state index contributed by atoms with van der Waals surface area (Å²) in [4.78, 5) is 10.4. The van der Waals surface area contributed by atoms with Gasteiger partial charge in [0.05, 0.1) is 5.02 Å². The summed E-state index contributed by atoms with van der Waals surface area (Å²) in [5.74, 6) is -1.44. The number of benzene rings is 1. The highest BCUT2D eigenvalue weighted by Crippen LogP contribution is 2.25. The van der Waals surface area contributed by atoms with E-state index in [4.69, 9.17) is 16.7 Å². The predicted molar refractivity (Wildman–Crippen MR) is 56.8 cm³/mol. The summed E-state index contributed by atoms with van der Waals surface area (Å²) in [6.07, 6.45) is 0.0892. The van der Waals surface area contributed by atoms with E-state index in [0.29, 0.717) is 5.56 Å². The number of halogens is 2. The van der Waals surface area contributed by atoms with Gasteiger partial charge < -0.3 is 5.11 Å². The number of hydrogen-bond acceptors (Lipinski definition) is 1. The number of carboxylic acid groups (broad SMARTS) is 1. The van der Waals surface area contributed by atoms with E-state index in [1.165, 1.54) is 0 Å². The molecule has 0 unspecified atom stereocenters. The molecule has 0 atom stereocenters. The molecule has 1 aromatic rings. The van der Waals surface area contributed by atoms with Crippen LogP contribution in [-0.2, 0) is 11.2 Å². The third kappa shape index (κ3) is 2.69. The van der Waals surface area contributed by atoms with Crippen LogP contribution in [0.3, 0.4) is 0 Å². The molecule has 0 saturated heterocycles. The zero-order valence-corrected chi connectivity index (χ0v) is 9.36. The third-order valence-electron chi connectivity index (χ3n) is 2.45.